The van der Waals surface area contributed by atoms with Crippen molar-refractivity contribution in [2.24, 2.45) is 5.92 Å². The minimum atomic E-state index is -3.92. The lowest BCUT2D eigenvalue weighted by Crippen LogP contribution is -2.38. The van der Waals surface area contributed by atoms with Gasteiger partial charge in [-0.15, -0.1) is 0 Å². The Morgan fingerprint density at radius 1 is 1.42 bits per heavy atom. The quantitative estimate of drug-likeness (QED) is 0.697. The summed E-state index contributed by atoms with van der Waals surface area (Å²) >= 11 is 0. The molecule has 0 amide bonds. The van der Waals surface area contributed by atoms with Gasteiger partial charge in [-0.3, -0.25) is 4.55 Å². The molecule has 0 fully saturated rings. The van der Waals surface area contributed by atoms with Gasteiger partial charge in [0.2, 0.25) is 0 Å². The number of hydrogen-bond donors (Lipinski definition) is 1. The highest BCUT2D eigenvalue weighted by molar-refractivity contribution is 7.87. The minimum Gasteiger partial charge on any atom is -0.285 e. The van der Waals surface area contributed by atoms with Crippen LogP contribution >= 0.6 is 0 Å². The predicted octanol–water partition coefficient (Wildman–Crippen LogP) is 2.09. The second-order valence-electron chi connectivity index (χ2n) is 3.77. The Labute approximate surface area is 74.9 Å². The van der Waals surface area contributed by atoms with E-state index in [0.717, 1.165) is 12.8 Å². The summed E-state index contributed by atoms with van der Waals surface area (Å²) in [6.45, 7) is 6.96. The maximum Gasteiger partial charge on any atom is 0.270 e. The summed E-state index contributed by atoms with van der Waals surface area (Å²) in [6.07, 6.45) is 1.74. The molecule has 0 rings (SSSR count). The van der Waals surface area contributed by atoms with Crippen molar-refractivity contribution in [2.75, 3.05) is 0 Å². The molecule has 0 bridgehead atoms. The maximum atomic E-state index is 10.9. The van der Waals surface area contributed by atoms with E-state index >= 15 is 0 Å². The standard InChI is InChI=1S/C8H18O3S/c1-5-6-7(2)8(3,4)12(9,10)11/h7H,5-6H2,1-4H3,(H,9,10,11). The number of hydrogen-bond acceptors (Lipinski definition) is 2. The Bertz CT molecular complexity index is 229. The fourth-order valence-electron chi connectivity index (χ4n) is 1.03. The molecule has 0 aromatic rings. The van der Waals surface area contributed by atoms with Crippen molar-refractivity contribution in [3.05, 3.63) is 0 Å². The molecular formula is C8H18O3S. The van der Waals surface area contributed by atoms with E-state index in [1.807, 2.05) is 13.8 Å². The van der Waals surface area contributed by atoms with Crippen molar-refractivity contribution in [2.45, 2.75) is 45.3 Å². The first kappa shape index (κ1) is 11.9. The SMILES string of the molecule is CCCC(C)C(C)(C)S(=O)(=O)O. The van der Waals surface area contributed by atoms with Crippen LogP contribution in [0.4, 0.5) is 0 Å². The van der Waals surface area contributed by atoms with E-state index < -0.39 is 14.9 Å². The highest BCUT2D eigenvalue weighted by atomic mass is 32.2. The van der Waals surface area contributed by atoms with Crippen molar-refractivity contribution < 1.29 is 13.0 Å². The molecule has 0 radical (unpaired) electrons. The topological polar surface area (TPSA) is 54.4 Å². The van der Waals surface area contributed by atoms with Gasteiger partial charge in [0, 0.05) is 0 Å². The Morgan fingerprint density at radius 2 is 1.83 bits per heavy atom. The molecule has 1 unspecified atom stereocenters. The molecule has 0 saturated heterocycles. The molecule has 0 heterocycles. The molecule has 0 aliphatic heterocycles. The zero-order chi connectivity index (χ0) is 9.99. The first-order valence-corrected chi connectivity index (χ1v) is 5.64. The third-order valence-corrected chi connectivity index (χ3v) is 4.31. The minimum absolute atomic E-state index is 0.0162. The van der Waals surface area contributed by atoms with E-state index in [9.17, 15) is 8.42 Å². The van der Waals surface area contributed by atoms with Gasteiger partial charge in [0.15, 0.2) is 0 Å². The van der Waals surface area contributed by atoms with Crippen molar-refractivity contribution in [3.63, 3.8) is 0 Å². The zero-order valence-electron chi connectivity index (χ0n) is 8.16. The maximum absolute atomic E-state index is 10.9. The van der Waals surface area contributed by atoms with Gasteiger partial charge in [-0.2, -0.15) is 8.42 Å². The summed E-state index contributed by atoms with van der Waals surface area (Å²) < 4.78 is 29.7. The summed E-state index contributed by atoms with van der Waals surface area (Å²) in [5.74, 6) is -0.0162. The molecule has 0 aliphatic carbocycles. The summed E-state index contributed by atoms with van der Waals surface area (Å²) in [7, 11) is -3.92. The first-order chi connectivity index (χ1) is 5.23. The highest BCUT2D eigenvalue weighted by Crippen LogP contribution is 2.28. The average molecular weight is 194 g/mol. The van der Waals surface area contributed by atoms with Crippen LogP contribution in [0.25, 0.3) is 0 Å². The third-order valence-electron chi connectivity index (χ3n) is 2.57. The van der Waals surface area contributed by atoms with Crippen molar-refractivity contribution in [1.82, 2.24) is 0 Å². The first-order valence-electron chi connectivity index (χ1n) is 4.20. The third kappa shape index (κ3) is 2.45. The monoisotopic (exact) mass is 194 g/mol. The molecule has 3 nitrogen and oxygen atoms in total. The van der Waals surface area contributed by atoms with Gasteiger partial charge in [0.05, 0.1) is 4.75 Å². The van der Waals surface area contributed by atoms with Crippen LogP contribution in [-0.2, 0) is 10.1 Å². The van der Waals surface area contributed by atoms with Gasteiger partial charge in [0.1, 0.15) is 0 Å². The van der Waals surface area contributed by atoms with E-state index in [0.29, 0.717) is 0 Å². The molecule has 4 heteroatoms. The molecule has 74 valence electrons. The Balaban J connectivity index is 4.62. The van der Waals surface area contributed by atoms with Crippen LogP contribution in [0.15, 0.2) is 0 Å². The van der Waals surface area contributed by atoms with Crippen LogP contribution in [-0.4, -0.2) is 17.7 Å². The van der Waals surface area contributed by atoms with Crippen LogP contribution in [0, 0.1) is 5.92 Å². The fraction of sp³-hybridized carbons (Fsp3) is 1.00. The van der Waals surface area contributed by atoms with E-state index in [1.54, 1.807) is 13.8 Å². The molecule has 1 N–H and O–H groups in total. The van der Waals surface area contributed by atoms with Gasteiger partial charge in [-0.25, -0.2) is 0 Å². The summed E-state index contributed by atoms with van der Waals surface area (Å²) in [5.41, 5.74) is 0. The molecule has 0 aromatic heterocycles. The van der Waals surface area contributed by atoms with E-state index in [2.05, 4.69) is 0 Å². The van der Waals surface area contributed by atoms with Gasteiger partial charge < -0.3 is 0 Å². The smallest absolute Gasteiger partial charge is 0.270 e. The lowest BCUT2D eigenvalue weighted by Gasteiger charge is -2.27. The predicted molar refractivity (Wildman–Crippen MR) is 49.7 cm³/mol. The highest BCUT2D eigenvalue weighted by Gasteiger charge is 2.37. The van der Waals surface area contributed by atoms with Crippen LogP contribution in [0.2, 0.25) is 0 Å². The lowest BCUT2D eigenvalue weighted by molar-refractivity contribution is 0.359. The average Bonchev–Trinajstić information content (AvgIpc) is 1.85. The zero-order valence-corrected chi connectivity index (χ0v) is 8.98. The van der Waals surface area contributed by atoms with Crippen LogP contribution < -0.4 is 0 Å². The summed E-state index contributed by atoms with van der Waals surface area (Å²) in [6, 6.07) is 0. The van der Waals surface area contributed by atoms with E-state index in [4.69, 9.17) is 4.55 Å². The van der Waals surface area contributed by atoms with Crippen LogP contribution in [0.1, 0.15) is 40.5 Å². The summed E-state index contributed by atoms with van der Waals surface area (Å²) in [4.78, 5) is 0. The lowest BCUT2D eigenvalue weighted by atomic mass is 9.93. The van der Waals surface area contributed by atoms with E-state index in [-0.39, 0.29) is 5.92 Å². The molecule has 12 heavy (non-hydrogen) atoms. The Morgan fingerprint density at radius 3 is 2.08 bits per heavy atom. The van der Waals surface area contributed by atoms with Crippen molar-refractivity contribution in [1.29, 1.82) is 0 Å². The van der Waals surface area contributed by atoms with Gasteiger partial charge in [0.25, 0.3) is 10.1 Å². The summed E-state index contributed by atoms with van der Waals surface area (Å²) in [5, 5.41) is 0. The molecule has 0 aliphatic rings. The van der Waals surface area contributed by atoms with Crippen LogP contribution in [0.5, 0.6) is 0 Å². The fourth-order valence-corrected chi connectivity index (χ4v) is 1.66. The molecular weight excluding hydrogens is 176 g/mol. The van der Waals surface area contributed by atoms with Gasteiger partial charge in [-0.1, -0.05) is 20.3 Å². The Hall–Kier alpha value is -0.0900. The van der Waals surface area contributed by atoms with Crippen molar-refractivity contribution >= 4 is 10.1 Å². The van der Waals surface area contributed by atoms with Gasteiger partial charge >= 0.3 is 0 Å². The molecule has 0 saturated carbocycles. The van der Waals surface area contributed by atoms with Crippen LogP contribution in [0.3, 0.4) is 0 Å². The molecule has 0 aromatic carbocycles. The largest absolute Gasteiger partial charge is 0.285 e. The van der Waals surface area contributed by atoms with Gasteiger partial charge in [-0.05, 0) is 26.2 Å². The second kappa shape index (κ2) is 3.75. The number of rotatable bonds is 4. The molecule has 0 spiro atoms. The second-order valence-corrected chi connectivity index (χ2v) is 5.77. The van der Waals surface area contributed by atoms with E-state index in [1.165, 1.54) is 0 Å². The molecule has 1 atom stereocenters. The van der Waals surface area contributed by atoms with Crippen molar-refractivity contribution in [3.8, 4) is 0 Å². The normalized spacial score (nSPS) is 16.1. The Kier molecular flexibility index (Phi) is 3.72.